The molecule has 0 aliphatic heterocycles. The third-order valence-electron chi connectivity index (χ3n) is 4.00. The number of aromatic nitrogens is 2. The second-order valence-electron chi connectivity index (χ2n) is 5.82. The molecule has 0 saturated carbocycles. The van der Waals surface area contributed by atoms with Gasteiger partial charge in [0.1, 0.15) is 5.56 Å². The highest BCUT2D eigenvalue weighted by molar-refractivity contribution is 6.12. The van der Waals surface area contributed by atoms with Crippen molar-refractivity contribution in [1.29, 1.82) is 5.41 Å². The molecular formula is C19H17N3O3. The zero-order valence-corrected chi connectivity index (χ0v) is 13.8. The molecular weight excluding hydrogens is 318 g/mol. The Balaban J connectivity index is 2.28. The van der Waals surface area contributed by atoms with E-state index >= 15 is 0 Å². The van der Waals surface area contributed by atoms with Crippen molar-refractivity contribution in [1.82, 2.24) is 9.55 Å². The van der Waals surface area contributed by atoms with Crippen LogP contribution in [0.1, 0.15) is 22.3 Å². The van der Waals surface area contributed by atoms with Gasteiger partial charge < -0.3 is 5.11 Å². The minimum Gasteiger partial charge on any atom is -0.493 e. The first-order valence-corrected chi connectivity index (χ1v) is 7.70. The summed E-state index contributed by atoms with van der Waals surface area (Å²) in [6.45, 7) is 3.66. The standard InChI is InChI=1S/C19H17N3O3/c1-11-6-5-8-13(10-11)16(20)15-17(23)21-19(25)22(18(15)24)14-9-4-3-7-12(14)2/h3-10,20,24H,1-2H3,(H,21,23,25). The van der Waals surface area contributed by atoms with Crippen LogP contribution in [0, 0.1) is 19.3 Å². The largest absolute Gasteiger partial charge is 0.493 e. The summed E-state index contributed by atoms with van der Waals surface area (Å²) in [7, 11) is 0. The minimum absolute atomic E-state index is 0.148. The maximum atomic E-state index is 12.3. The Morgan fingerprint density at radius 2 is 1.80 bits per heavy atom. The van der Waals surface area contributed by atoms with E-state index in [1.165, 1.54) is 0 Å². The summed E-state index contributed by atoms with van der Waals surface area (Å²) in [5.41, 5.74) is 0.662. The summed E-state index contributed by atoms with van der Waals surface area (Å²) in [5.74, 6) is -0.547. The van der Waals surface area contributed by atoms with Gasteiger partial charge in [0.25, 0.3) is 5.56 Å². The lowest BCUT2D eigenvalue weighted by molar-refractivity contribution is 0.429. The molecule has 2 aromatic carbocycles. The molecule has 0 aliphatic carbocycles. The van der Waals surface area contributed by atoms with Gasteiger partial charge in [-0.2, -0.15) is 0 Å². The van der Waals surface area contributed by atoms with Gasteiger partial charge in [0, 0.05) is 5.56 Å². The van der Waals surface area contributed by atoms with E-state index in [0.29, 0.717) is 11.3 Å². The Bertz CT molecular complexity index is 1090. The fourth-order valence-electron chi connectivity index (χ4n) is 2.73. The molecule has 25 heavy (non-hydrogen) atoms. The van der Waals surface area contributed by atoms with Gasteiger partial charge in [0.05, 0.1) is 11.4 Å². The van der Waals surface area contributed by atoms with E-state index in [2.05, 4.69) is 4.98 Å². The van der Waals surface area contributed by atoms with Gasteiger partial charge in [-0.1, -0.05) is 42.0 Å². The highest BCUT2D eigenvalue weighted by Gasteiger charge is 2.21. The van der Waals surface area contributed by atoms with Crippen LogP contribution in [0.2, 0.25) is 0 Å². The summed E-state index contributed by atoms with van der Waals surface area (Å²) < 4.78 is 1.01. The number of aromatic amines is 1. The number of nitrogens with one attached hydrogen (secondary N) is 2. The Hall–Kier alpha value is -3.41. The molecule has 0 amide bonds. The number of aromatic hydroxyl groups is 1. The van der Waals surface area contributed by atoms with Gasteiger partial charge in [0.15, 0.2) is 0 Å². The Kier molecular flexibility index (Phi) is 4.10. The van der Waals surface area contributed by atoms with Crippen molar-refractivity contribution in [2.24, 2.45) is 0 Å². The molecule has 3 aromatic rings. The van der Waals surface area contributed by atoms with Gasteiger partial charge in [0.2, 0.25) is 5.88 Å². The van der Waals surface area contributed by atoms with Crippen molar-refractivity contribution >= 4 is 5.71 Å². The Labute approximate surface area is 143 Å². The number of hydrogen-bond donors (Lipinski definition) is 3. The second kappa shape index (κ2) is 6.24. The van der Waals surface area contributed by atoms with Crippen molar-refractivity contribution in [3.8, 4) is 11.6 Å². The maximum absolute atomic E-state index is 12.3. The lowest BCUT2D eigenvalue weighted by atomic mass is 10.0. The molecule has 0 aliphatic rings. The molecule has 0 atom stereocenters. The number of aryl methyl sites for hydroxylation is 2. The number of hydrogen-bond acceptors (Lipinski definition) is 4. The molecule has 126 valence electrons. The lowest BCUT2D eigenvalue weighted by Gasteiger charge is -2.14. The first-order valence-electron chi connectivity index (χ1n) is 7.70. The normalized spacial score (nSPS) is 10.6. The average molecular weight is 335 g/mol. The van der Waals surface area contributed by atoms with Gasteiger partial charge in [-0.15, -0.1) is 0 Å². The van der Waals surface area contributed by atoms with Crippen LogP contribution in [-0.4, -0.2) is 20.4 Å². The Morgan fingerprint density at radius 3 is 2.48 bits per heavy atom. The highest BCUT2D eigenvalue weighted by Crippen LogP contribution is 2.21. The molecule has 1 heterocycles. The van der Waals surface area contributed by atoms with Gasteiger partial charge in [-0.3, -0.25) is 15.2 Å². The number of benzene rings is 2. The molecule has 3 rings (SSSR count). The molecule has 1 aromatic heterocycles. The smallest absolute Gasteiger partial charge is 0.335 e. The molecule has 0 spiro atoms. The van der Waals surface area contributed by atoms with E-state index in [1.54, 1.807) is 43.3 Å². The van der Waals surface area contributed by atoms with Crippen LogP contribution in [0.25, 0.3) is 5.69 Å². The molecule has 0 saturated heterocycles. The summed E-state index contributed by atoms with van der Waals surface area (Å²) in [6, 6.07) is 14.0. The number of nitrogens with zero attached hydrogens (tertiary/aromatic N) is 1. The predicted molar refractivity (Wildman–Crippen MR) is 96.2 cm³/mol. The molecule has 0 unspecified atom stereocenters. The first kappa shape index (κ1) is 16.4. The highest BCUT2D eigenvalue weighted by atomic mass is 16.3. The van der Waals surface area contributed by atoms with Crippen LogP contribution in [0.3, 0.4) is 0 Å². The monoisotopic (exact) mass is 335 g/mol. The third kappa shape index (κ3) is 2.89. The average Bonchev–Trinajstić information content (AvgIpc) is 2.56. The van der Waals surface area contributed by atoms with Crippen molar-refractivity contribution < 1.29 is 5.11 Å². The fourth-order valence-corrected chi connectivity index (χ4v) is 2.73. The summed E-state index contributed by atoms with van der Waals surface area (Å²) >= 11 is 0. The van der Waals surface area contributed by atoms with E-state index in [1.807, 2.05) is 19.1 Å². The van der Waals surface area contributed by atoms with Crippen molar-refractivity contribution in [2.75, 3.05) is 0 Å². The van der Waals surface area contributed by atoms with Crippen LogP contribution >= 0.6 is 0 Å². The van der Waals surface area contributed by atoms with Gasteiger partial charge in [-0.05, 0) is 31.5 Å². The topological polar surface area (TPSA) is 98.9 Å². The zero-order chi connectivity index (χ0) is 18.1. The second-order valence-corrected chi connectivity index (χ2v) is 5.82. The van der Waals surface area contributed by atoms with E-state index in [0.717, 1.165) is 15.7 Å². The van der Waals surface area contributed by atoms with E-state index < -0.39 is 17.1 Å². The van der Waals surface area contributed by atoms with E-state index in [-0.39, 0.29) is 11.3 Å². The molecule has 6 nitrogen and oxygen atoms in total. The predicted octanol–water partition coefficient (Wildman–Crippen LogP) is 2.26. The zero-order valence-electron chi connectivity index (χ0n) is 13.8. The molecule has 3 N–H and O–H groups in total. The number of para-hydroxylation sites is 1. The molecule has 0 bridgehead atoms. The van der Waals surface area contributed by atoms with Crippen LogP contribution < -0.4 is 11.2 Å². The van der Waals surface area contributed by atoms with Crippen LogP contribution in [0.5, 0.6) is 5.88 Å². The van der Waals surface area contributed by atoms with Gasteiger partial charge >= 0.3 is 5.69 Å². The molecule has 0 radical (unpaired) electrons. The summed E-state index contributed by atoms with van der Waals surface area (Å²) in [4.78, 5) is 26.7. The minimum atomic E-state index is -0.793. The molecule has 6 heteroatoms. The van der Waals surface area contributed by atoms with Gasteiger partial charge in [-0.25, -0.2) is 9.36 Å². The van der Waals surface area contributed by atoms with Crippen LogP contribution in [0.4, 0.5) is 0 Å². The molecule has 0 fully saturated rings. The van der Waals surface area contributed by atoms with Crippen molar-refractivity contribution in [3.05, 3.63) is 91.6 Å². The van der Waals surface area contributed by atoms with E-state index in [4.69, 9.17) is 5.41 Å². The lowest BCUT2D eigenvalue weighted by Crippen LogP contribution is -2.33. The van der Waals surface area contributed by atoms with Crippen molar-refractivity contribution in [3.63, 3.8) is 0 Å². The summed E-state index contributed by atoms with van der Waals surface area (Å²) in [5, 5.41) is 19.0. The SMILES string of the molecule is Cc1cccc(C(=N)c2c(O)n(-c3ccccc3C)c(=O)[nH]c2=O)c1. The number of H-pyrrole nitrogens is 1. The number of rotatable bonds is 3. The van der Waals surface area contributed by atoms with Crippen LogP contribution in [-0.2, 0) is 0 Å². The van der Waals surface area contributed by atoms with E-state index in [9.17, 15) is 14.7 Å². The summed E-state index contributed by atoms with van der Waals surface area (Å²) in [6.07, 6.45) is 0. The maximum Gasteiger partial charge on any atom is 0.335 e. The Morgan fingerprint density at radius 1 is 1.08 bits per heavy atom. The first-order chi connectivity index (χ1) is 11.9. The van der Waals surface area contributed by atoms with Crippen LogP contribution in [0.15, 0.2) is 58.1 Å². The van der Waals surface area contributed by atoms with Crippen molar-refractivity contribution in [2.45, 2.75) is 13.8 Å². The quantitative estimate of drug-likeness (QED) is 0.640. The third-order valence-corrected chi connectivity index (χ3v) is 4.00. The fraction of sp³-hybridized carbons (Fsp3) is 0.105.